The Balaban J connectivity index is 1.82. The standard InChI is InChI=1S/C15H13ClF2S/c16-11(8-10-12(17)4-2-5-13(10)18)15-7-9-3-1-6-14(9)19-15/h2,4-5,7,11H,1,3,6,8H2. The third kappa shape index (κ3) is 2.54. The molecule has 0 radical (unpaired) electrons. The number of fused-ring (bicyclic) bond motifs is 1. The maximum Gasteiger partial charge on any atom is 0.129 e. The van der Waals surface area contributed by atoms with Gasteiger partial charge in [-0.3, -0.25) is 0 Å². The van der Waals surface area contributed by atoms with Gasteiger partial charge in [-0.25, -0.2) is 8.78 Å². The molecule has 3 rings (SSSR count). The van der Waals surface area contributed by atoms with Crippen LogP contribution in [0.15, 0.2) is 24.3 Å². The number of thiophene rings is 1. The average molecular weight is 299 g/mol. The van der Waals surface area contributed by atoms with Crippen molar-refractivity contribution in [3.63, 3.8) is 0 Å². The fraction of sp³-hybridized carbons (Fsp3) is 0.333. The smallest absolute Gasteiger partial charge is 0.129 e. The first-order chi connectivity index (χ1) is 9.15. The predicted molar refractivity (Wildman–Crippen MR) is 75.0 cm³/mol. The highest BCUT2D eigenvalue weighted by Gasteiger charge is 2.21. The third-order valence-corrected chi connectivity index (χ3v) is 5.39. The lowest BCUT2D eigenvalue weighted by molar-refractivity contribution is 0.553. The number of hydrogen-bond acceptors (Lipinski definition) is 1. The number of hydrogen-bond donors (Lipinski definition) is 0. The molecule has 1 aromatic heterocycles. The van der Waals surface area contributed by atoms with E-state index in [0.29, 0.717) is 0 Å². The molecule has 1 aliphatic carbocycles. The van der Waals surface area contributed by atoms with Gasteiger partial charge in [-0.15, -0.1) is 22.9 Å². The first-order valence-electron chi connectivity index (χ1n) is 6.33. The van der Waals surface area contributed by atoms with Gasteiger partial charge in [-0.05, 0) is 49.4 Å². The summed E-state index contributed by atoms with van der Waals surface area (Å²) < 4.78 is 27.2. The van der Waals surface area contributed by atoms with E-state index in [-0.39, 0.29) is 17.4 Å². The van der Waals surface area contributed by atoms with Gasteiger partial charge in [-0.2, -0.15) is 0 Å². The average Bonchev–Trinajstić information content (AvgIpc) is 2.94. The SMILES string of the molecule is Fc1cccc(F)c1CC(Cl)c1cc2c(s1)CCC2. The molecule has 1 aromatic carbocycles. The van der Waals surface area contributed by atoms with Gasteiger partial charge in [0.05, 0.1) is 5.38 Å². The van der Waals surface area contributed by atoms with Crippen molar-refractivity contribution in [2.24, 2.45) is 0 Å². The first-order valence-corrected chi connectivity index (χ1v) is 7.59. The van der Waals surface area contributed by atoms with E-state index in [1.807, 2.05) is 0 Å². The highest BCUT2D eigenvalue weighted by molar-refractivity contribution is 7.12. The van der Waals surface area contributed by atoms with Crippen molar-refractivity contribution in [2.45, 2.75) is 31.1 Å². The van der Waals surface area contributed by atoms with Gasteiger partial charge in [0.25, 0.3) is 0 Å². The number of halogens is 3. The zero-order valence-corrected chi connectivity index (χ0v) is 11.8. The van der Waals surface area contributed by atoms with Crippen molar-refractivity contribution in [1.29, 1.82) is 0 Å². The van der Waals surface area contributed by atoms with Crippen molar-refractivity contribution in [3.8, 4) is 0 Å². The number of aryl methyl sites for hydroxylation is 2. The molecule has 0 amide bonds. The summed E-state index contributed by atoms with van der Waals surface area (Å²) in [5, 5.41) is -0.359. The summed E-state index contributed by atoms with van der Waals surface area (Å²) in [7, 11) is 0. The predicted octanol–water partition coefficient (Wildman–Crippen LogP) is 5.04. The Morgan fingerprint density at radius 1 is 1.21 bits per heavy atom. The third-order valence-electron chi connectivity index (χ3n) is 3.52. The second kappa shape index (κ2) is 5.22. The van der Waals surface area contributed by atoms with Crippen LogP contribution in [0, 0.1) is 11.6 Å². The van der Waals surface area contributed by atoms with Crippen LogP contribution in [0.1, 0.15) is 32.7 Å². The minimum absolute atomic E-state index is 0.0797. The number of benzene rings is 1. The highest BCUT2D eigenvalue weighted by Crippen LogP contribution is 2.37. The molecule has 0 saturated heterocycles. The summed E-state index contributed by atoms with van der Waals surface area (Å²) in [4.78, 5) is 2.41. The first kappa shape index (κ1) is 13.1. The van der Waals surface area contributed by atoms with Crippen molar-refractivity contribution in [1.82, 2.24) is 0 Å². The molecule has 0 fully saturated rings. The Bertz CT molecular complexity index is 564. The van der Waals surface area contributed by atoms with Crippen LogP contribution in [0.5, 0.6) is 0 Å². The molecule has 0 saturated carbocycles. The van der Waals surface area contributed by atoms with E-state index in [4.69, 9.17) is 11.6 Å². The number of rotatable bonds is 3. The lowest BCUT2D eigenvalue weighted by Crippen LogP contribution is -2.00. The van der Waals surface area contributed by atoms with E-state index >= 15 is 0 Å². The molecule has 100 valence electrons. The molecule has 1 heterocycles. The molecular formula is C15H13ClF2S. The Morgan fingerprint density at radius 3 is 2.63 bits per heavy atom. The quantitative estimate of drug-likeness (QED) is 0.697. The van der Waals surface area contributed by atoms with E-state index in [2.05, 4.69) is 6.07 Å². The summed E-state index contributed by atoms with van der Waals surface area (Å²) in [6, 6.07) is 6.02. The van der Waals surface area contributed by atoms with Crippen LogP contribution in [0.25, 0.3) is 0 Å². The zero-order chi connectivity index (χ0) is 13.4. The largest absolute Gasteiger partial charge is 0.207 e. The fourth-order valence-corrected chi connectivity index (χ4v) is 4.10. The number of alkyl halides is 1. The minimum Gasteiger partial charge on any atom is -0.207 e. The van der Waals surface area contributed by atoms with E-state index in [1.165, 1.54) is 35.1 Å². The van der Waals surface area contributed by atoms with Crippen molar-refractivity contribution >= 4 is 22.9 Å². The molecule has 1 unspecified atom stereocenters. The van der Waals surface area contributed by atoms with Crippen LogP contribution in [0.3, 0.4) is 0 Å². The maximum absolute atomic E-state index is 13.6. The minimum atomic E-state index is -0.519. The Kier molecular flexibility index (Phi) is 3.59. The van der Waals surface area contributed by atoms with Crippen LogP contribution in [0.4, 0.5) is 8.78 Å². The van der Waals surface area contributed by atoms with Crippen LogP contribution in [-0.4, -0.2) is 0 Å². The molecule has 1 aliphatic rings. The van der Waals surface area contributed by atoms with Crippen molar-refractivity contribution in [2.75, 3.05) is 0 Å². The van der Waals surface area contributed by atoms with Gasteiger partial charge < -0.3 is 0 Å². The van der Waals surface area contributed by atoms with Crippen LogP contribution >= 0.6 is 22.9 Å². The molecule has 2 aromatic rings. The van der Waals surface area contributed by atoms with Gasteiger partial charge in [0, 0.05) is 15.3 Å². The van der Waals surface area contributed by atoms with E-state index < -0.39 is 11.6 Å². The molecule has 0 N–H and O–H groups in total. The lowest BCUT2D eigenvalue weighted by Gasteiger charge is -2.09. The lowest BCUT2D eigenvalue weighted by atomic mass is 10.1. The Morgan fingerprint density at radius 2 is 1.95 bits per heavy atom. The fourth-order valence-electron chi connectivity index (χ4n) is 2.51. The van der Waals surface area contributed by atoms with Crippen LogP contribution in [0.2, 0.25) is 0 Å². The van der Waals surface area contributed by atoms with Crippen LogP contribution in [-0.2, 0) is 19.3 Å². The molecule has 0 nitrogen and oxygen atoms in total. The summed E-state index contributed by atoms with van der Waals surface area (Å²) in [6.45, 7) is 0. The summed E-state index contributed by atoms with van der Waals surface area (Å²) >= 11 is 8.01. The normalized spacial score (nSPS) is 15.5. The summed E-state index contributed by atoms with van der Waals surface area (Å²) in [5.74, 6) is -1.04. The van der Waals surface area contributed by atoms with Crippen LogP contribution < -0.4 is 0 Å². The highest BCUT2D eigenvalue weighted by atomic mass is 35.5. The van der Waals surface area contributed by atoms with E-state index in [1.54, 1.807) is 11.3 Å². The second-order valence-corrected chi connectivity index (χ2v) is 6.52. The van der Waals surface area contributed by atoms with Gasteiger partial charge >= 0.3 is 0 Å². The van der Waals surface area contributed by atoms with Gasteiger partial charge in [0.15, 0.2) is 0 Å². The van der Waals surface area contributed by atoms with E-state index in [9.17, 15) is 8.78 Å². The molecule has 0 spiro atoms. The topological polar surface area (TPSA) is 0 Å². The Labute approximate surface area is 120 Å². The molecule has 0 bridgehead atoms. The van der Waals surface area contributed by atoms with Gasteiger partial charge in [0.1, 0.15) is 11.6 Å². The molecule has 19 heavy (non-hydrogen) atoms. The zero-order valence-electron chi connectivity index (χ0n) is 10.3. The van der Waals surface area contributed by atoms with E-state index in [0.717, 1.165) is 17.7 Å². The van der Waals surface area contributed by atoms with Gasteiger partial charge in [0.2, 0.25) is 0 Å². The summed E-state index contributed by atoms with van der Waals surface area (Å²) in [6.07, 6.45) is 3.61. The monoisotopic (exact) mass is 298 g/mol. The Hall–Kier alpha value is -0.930. The van der Waals surface area contributed by atoms with Crippen molar-refractivity contribution in [3.05, 3.63) is 56.8 Å². The molecule has 0 aliphatic heterocycles. The maximum atomic E-state index is 13.6. The van der Waals surface area contributed by atoms with Crippen molar-refractivity contribution < 1.29 is 8.78 Å². The molecular weight excluding hydrogens is 286 g/mol. The molecule has 4 heteroatoms. The second-order valence-electron chi connectivity index (χ2n) is 4.82. The summed E-state index contributed by atoms with van der Waals surface area (Å²) in [5.41, 5.74) is 1.44. The van der Waals surface area contributed by atoms with Gasteiger partial charge in [-0.1, -0.05) is 6.07 Å². The molecule has 1 atom stereocenters.